The summed E-state index contributed by atoms with van der Waals surface area (Å²) in [6.07, 6.45) is 3.53. The Morgan fingerprint density at radius 3 is 2.90 bits per heavy atom. The maximum atomic E-state index is 12.1. The van der Waals surface area contributed by atoms with Crippen LogP contribution in [0.3, 0.4) is 0 Å². The van der Waals surface area contributed by atoms with Gasteiger partial charge in [-0.25, -0.2) is 4.98 Å². The first-order valence-electron chi connectivity index (χ1n) is 7.05. The molecular formula is C15H17N3O3. The molecule has 0 bridgehead atoms. The zero-order valence-corrected chi connectivity index (χ0v) is 11.5. The summed E-state index contributed by atoms with van der Waals surface area (Å²) in [5, 5.41) is 11.9. The number of imidazole rings is 1. The maximum Gasteiger partial charge on any atom is 0.306 e. The van der Waals surface area contributed by atoms with E-state index in [9.17, 15) is 9.59 Å². The molecule has 6 nitrogen and oxygen atoms in total. The van der Waals surface area contributed by atoms with Crippen LogP contribution in [0.5, 0.6) is 0 Å². The predicted octanol–water partition coefficient (Wildman–Crippen LogP) is 1.41. The summed E-state index contributed by atoms with van der Waals surface area (Å²) in [5.41, 5.74) is 1.78. The molecule has 0 saturated heterocycles. The molecule has 21 heavy (non-hydrogen) atoms. The number of carboxylic acids is 1. The molecule has 1 aliphatic rings. The molecule has 1 amide bonds. The van der Waals surface area contributed by atoms with E-state index < -0.39 is 5.97 Å². The molecule has 1 aromatic heterocycles. The van der Waals surface area contributed by atoms with Crippen molar-refractivity contribution in [3.05, 3.63) is 30.6 Å². The van der Waals surface area contributed by atoms with Crippen molar-refractivity contribution in [2.45, 2.75) is 31.8 Å². The molecule has 2 aromatic rings. The molecule has 1 aliphatic carbocycles. The Morgan fingerprint density at radius 2 is 2.14 bits per heavy atom. The molecular weight excluding hydrogens is 270 g/mol. The highest BCUT2D eigenvalue weighted by Crippen LogP contribution is 2.25. The minimum Gasteiger partial charge on any atom is -0.481 e. The Morgan fingerprint density at radius 1 is 1.33 bits per heavy atom. The molecule has 1 heterocycles. The Hall–Kier alpha value is -2.37. The number of carboxylic acid groups (broad SMARTS) is 1. The summed E-state index contributed by atoms with van der Waals surface area (Å²) in [6, 6.07) is 7.61. The summed E-state index contributed by atoms with van der Waals surface area (Å²) in [4.78, 5) is 27.2. The van der Waals surface area contributed by atoms with Crippen molar-refractivity contribution in [3.63, 3.8) is 0 Å². The van der Waals surface area contributed by atoms with Gasteiger partial charge in [0.15, 0.2) is 0 Å². The van der Waals surface area contributed by atoms with Gasteiger partial charge in [-0.05, 0) is 31.4 Å². The number of benzene rings is 1. The number of nitrogens with one attached hydrogen (secondary N) is 1. The summed E-state index contributed by atoms with van der Waals surface area (Å²) < 4.78 is 1.80. The van der Waals surface area contributed by atoms with Gasteiger partial charge < -0.3 is 15.0 Å². The van der Waals surface area contributed by atoms with Crippen LogP contribution in [0.1, 0.15) is 19.3 Å². The minimum absolute atomic E-state index is 0.0339. The average Bonchev–Trinajstić information content (AvgIpc) is 3.07. The van der Waals surface area contributed by atoms with Crippen molar-refractivity contribution in [2.75, 3.05) is 0 Å². The summed E-state index contributed by atoms with van der Waals surface area (Å²) >= 11 is 0. The number of aromatic nitrogens is 2. The first-order chi connectivity index (χ1) is 10.1. The lowest BCUT2D eigenvalue weighted by molar-refractivity contribution is -0.141. The van der Waals surface area contributed by atoms with Crippen LogP contribution in [0.25, 0.3) is 11.0 Å². The smallest absolute Gasteiger partial charge is 0.306 e. The van der Waals surface area contributed by atoms with Gasteiger partial charge in [-0.2, -0.15) is 0 Å². The third kappa shape index (κ3) is 2.89. The third-order valence-electron chi connectivity index (χ3n) is 3.99. The van der Waals surface area contributed by atoms with Crippen molar-refractivity contribution in [2.24, 2.45) is 5.92 Å². The highest BCUT2D eigenvalue weighted by atomic mass is 16.4. The molecule has 2 atom stereocenters. The number of carbonyl (C=O) groups excluding carboxylic acids is 1. The van der Waals surface area contributed by atoms with Crippen LogP contribution in [0.4, 0.5) is 0 Å². The fraction of sp³-hybridized carbons (Fsp3) is 0.400. The van der Waals surface area contributed by atoms with Crippen LogP contribution in [-0.2, 0) is 16.1 Å². The fourth-order valence-electron chi connectivity index (χ4n) is 2.90. The lowest BCUT2D eigenvalue weighted by atomic mass is 10.1. The highest BCUT2D eigenvalue weighted by Gasteiger charge is 2.30. The van der Waals surface area contributed by atoms with E-state index in [1.807, 2.05) is 24.3 Å². The Kier molecular flexibility index (Phi) is 3.60. The molecule has 2 N–H and O–H groups in total. The van der Waals surface area contributed by atoms with Crippen molar-refractivity contribution in [1.29, 1.82) is 0 Å². The van der Waals surface area contributed by atoms with Gasteiger partial charge in [-0.3, -0.25) is 9.59 Å². The Labute approximate surface area is 121 Å². The first-order valence-corrected chi connectivity index (χ1v) is 7.05. The third-order valence-corrected chi connectivity index (χ3v) is 3.99. The van der Waals surface area contributed by atoms with E-state index >= 15 is 0 Å². The number of rotatable bonds is 4. The van der Waals surface area contributed by atoms with Crippen LogP contribution in [0.15, 0.2) is 30.6 Å². The highest BCUT2D eigenvalue weighted by molar-refractivity contribution is 5.80. The second kappa shape index (κ2) is 5.55. The normalized spacial score (nSPS) is 21.5. The van der Waals surface area contributed by atoms with Crippen molar-refractivity contribution in [3.8, 4) is 0 Å². The van der Waals surface area contributed by atoms with E-state index in [0.717, 1.165) is 17.5 Å². The first kappa shape index (κ1) is 13.6. The minimum atomic E-state index is -0.771. The van der Waals surface area contributed by atoms with Gasteiger partial charge in [-0.15, -0.1) is 0 Å². The van der Waals surface area contributed by atoms with Crippen molar-refractivity contribution < 1.29 is 14.7 Å². The Bertz CT molecular complexity index is 680. The van der Waals surface area contributed by atoms with Gasteiger partial charge in [0.05, 0.1) is 23.3 Å². The van der Waals surface area contributed by atoms with E-state index in [1.165, 1.54) is 0 Å². The molecule has 0 spiro atoms. The van der Waals surface area contributed by atoms with Crippen LogP contribution >= 0.6 is 0 Å². The van der Waals surface area contributed by atoms with Crippen LogP contribution in [0, 0.1) is 5.92 Å². The van der Waals surface area contributed by atoms with Crippen LogP contribution in [0.2, 0.25) is 0 Å². The van der Waals surface area contributed by atoms with E-state index in [4.69, 9.17) is 5.11 Å². The molecule has 6 heteroatoms. The average molecular weight is 287 g/mol. The lowest BCUT2D eigenvalue weighted by Gasteiger charge is -2.13. The summed E-state index contributed by atoms with van der Waals surface area (Å²) in [5.74, 6) is -1.20. The molecule has 1 fully saturated rings. The fourth-order valence-corrected chi connectivity index (χ4v) is 2.90. The number of hydrogen-bond donors (Lipinski definition) is 2. The number of aliphatic carboxylic acids is 1. The number of carbonyl (C=O) groups is 2. The second-order valence-electron chi connectivity index (χ2n) is 5.47. The molecule has 0 radical (unpaired) electrons. The SMILES string of the molecule is O=C(Cn1cnc2ccccc21)N[C@H]1CC[C@@H](C(=O)O)C1. The summed E-state index contributed by atoms with van der Waals surface area (Å²) in [7, 11) is 0. The number of nitrogens with zero attached hydrogens (tertiary/aromatic N) is 2. The molecule has 0 aliphatic heterocycles. The van der Waals surface area contributed by atoms with Gasteiger partial charge >= 0.3 is 5.97 Å². The van der Waals surface area contributed by atoms with Gasteiger partial charge in [0.1, 0.15) is 6.54 Å². The van der Waals surface area contributed by atoms with Gasteiger partial charge in [0.25, 0.3) is 0 Å². The van der Waals surface area contributed by atoms with Gasteiger partial charge in [0, 0.05) is 6.04 Å². The topological polar surface area (TPSA) is 84.2 Å². The molecule has 110 valence electrons. The van der Waals surface area contributed by atoms with Crippen LogP contribution in [-0.4, -0.2) is 32.6 Å². The van der Waals surface area contributed by atoms with Crippen molar-refractivity contribution >= 4 is 22.9 Å². The predicted molar refractivity (Wildman–Crippen MR) is 76.6 cm³/mol. The maximum absolute atomic E-state index is 12.1. The number of hydrogen-bond acceptors (Lipinski definition) is 3. The van der Waals surface area contributed by atoms with E-state index in [-0.39, 0.29) is 24.4 Å². The lowest BCUT2D eigenvalue weighted by Crippen LogP contribution is -2.35. The zero-order chi connectivity index (χ0) is 14.8. The number of amides is 1. The van der Waals surface area contributed by atoms with Gasteiger partial charge in [0.2, 0.25) is 5.91 Å². The molecule has 3 rings (SSSR count). The van der Waals surface area contributed by atoms with Crippen LogP contribution < -0.4 is 5.32 Å². The monoisotopic (exact) mass is 287 g/mol. The second-order valence-corrected chi connectivity index (χ2v) is 5.47. The summed E-state index contributed by atoms with van der Waals surface area (Å²) in [6.45, 7) is 0.203. The van der Waals surface area contributed by atoms with E-state index in [0.29, 0.717) is 12.8 Å². The molecule has 1 aromatic carbocycles. The standard InChI is InChI=1S/C15H17N3O3/c19-14(17-11-6-5-10(7-11)15(20)21)8-18-9-16-12-3-1-2-4-13(12)18/h1-4,9-11H,5-8H2,(H,17,19)(H,20,21)/t10-,11+/m1/s1. The van der Waals surface area contributed by atoms with Gasteiger partial charge in [-0.1, -0.05) is 12.1 Å². The van der Waals surface area contributed by atoms with E-state index in [1.54, 1.807) is 10.9 Å². The number of para-hydroxylation sites is 2. The quantitative estimate of drug-likeness (QED) is 0.890. The Balaban J connectivity index is 1.61. The zero-order valence-electron chi connectivity index (χ0n) is 11.5. The largest absolute Gasteiger partial charge is 0.481 e. The number of fused-ring (bicyclic) bond motifs is 1. The van der Waals surface area contributed by atoms with E-state index in [2.05, 4.69) is 10.3 Å². The molecule has 1 saturated carbocycles. The van der Waals surface area contributed by atoms with Crippen molar-refractivity contribution in [1.82, 2.24) is 14.9 Å². The molecule has 0 unspecified atom stereocenters.